The Kier molecular flexibility index (Phi) is 2.83. The lowest BCUT2D eigenvalue weighted by Crippen LogP contribution is -2.25. The monoisotopic (exact) mass is 283 g/mol. The molecule has 1 amide bonds. The first kappa shape index (κ1) is 13.1. The molecule has 0 atom stereocenters. The van der Waals surface area contributed by atoms with Crippen LogP contribution in [-0.2, 0) is 0 Å². The summed E-state index contributed by atoms with van der Waals surface area (Å²) >= 11 is 0. The number of para-hydroxylation sites is 1. The summed E-state index contributed by atoms with van der Waals surface area (Å²) in [6.07, 6.45) is 0. The minimum absolute atomic E-state index is 0.267. The van der Waals surface area contributed by atoms with Crippen LogP contribution in [0.15, 0.2) is 49.0 Å². The molecule has 3 rings (SSSR count). The van der Waals surface area contributed by atoms with Gasteiger partial charge in [0.15, 0.2) is 0 Å². The largest absolute Gasteiger partial charge is 0.478 e. The Morgan fingerprint density at radius 3 is 2.38 bits per heavy atom. The molecule has 1 aliphatic rings. The summed E-state index contributed by atoms with van der Waals surface area (Å²) in [6, 6.07) is 10.4. The number of hydrogen-bond acceptors (Lipinski definition) is 2. The standard InChI is InChI=1S/C16H10FNO3/c1-9-10-5-2-3-6-11(10)15(19)18(9)14-12(16(20)21)7-4-8-13(14)17/h2-8H,1H2,(H,20,21). The van der Waals surface area contributed by atoms with Gasteiger partial charge >= 0.3 is 5.97 Å². The Balaban J connectivity index is 2.23. The Morgan fingerprint density at radius 1 is 1.10 bits per heavy atom. The number of carbonyl (C=O) groups excluding carboxylic acids is 1. The van der Waals surface area contributed by atoms with Gasteiger partial charge in [0.2, 0.25) is 0 Å². The van der Waals surface area contributed by atoms with E-state index < -0.39 is 17.7 Å². The van der Waals surface area contributed by atoms with E-state index in [-0.39, 0.29) is 16.9 Å². The molecule has 0 saturated heterocycles. The molecule has 0 radical (unpaired) electrons. The van der Waals surface area contributed by atoms with Gasteiger partial charge in [-0.15, -0.1) is 0 Å². The van der Waals surface area contributed by atoms with Crippen LogP contribution in [0.4, 0.5) is 10.1 Å². The molecule has 4 nitrogen and oxygen atoms in total. The molecule has 0 fully saturated rings. The molecule has 0 spiro atoms. The van der Waals surface area contributed by atoms with Crippen molar-refractivity contribution in [1.82, 2.24) is 0 Å². The van der Waals surface area contributed by atoms with Crippen LogP contribution in [0.5, 0.6) is 0 Å². The zero-order chi connectivity index (χ0) is 15.1. The fraction of sp³-hybridized carbons (Fsp3) is 0. The summed E-state index contributed by atoms with van der Waals surface area (Å²) in [5.41, 5.74) is 0.654. The highest BCUT2D eigenvalue weighted by atomic mass is 19.1. The third-order valence-electron chi connectivity index (χ3n) is 3.38. The molecule has 0 aliphatic carbocycles. The molecule has 0 unspecified atom stereocenters. The lowest BCUT2D eigenvalue weighted by atomic mass is 10.1. The predicted octanol–water partition coefficient (Wildman–Crippen LogP) is 3.16. The lowest BCUT2D eigenvalue weighted by molar-refractivity contribution is 0.0697. The van der Waals surface area contributed by atoms with Crippen molar-refractivity contribution >= 4 is 23.3 Å². The van der Waals surface area contributed by atoms with Gasteiger partial charge in [0, 0.05) is 11.1 Å². The maximum atomic E-state index is 14.1. The Hall–Kier alpha value is -2.95. The van der Waals surface area contributed by atoms with E-state index in [2.05, 4.69) is 6.58 Å². The van der Waals surface area contributed by atoms with Crippen LogP contribution in [0.3, 0.4) is 0 Å². The molecule has 1 aliphatic heterocycles. The molecule has 21 heavy (non-hydrogen) atoms. The Morgan fingerprint density at radius 2 is 1.76 bits per heavy atom. The maximum Gasteiger partial charge on any atom is 0.337 e. The normalized spacial score (nSPS) is 13.5. The quantitative estimate of drug-likeness (QED) is 0.921. The number of carboxylic acids is 1. The van der Waals surface area contributed by atoms with Gasteiger partial charge in [-0.25, -0.2) is 9.18 Å². The molecular weight excluding hydrogens is 273 g/mol. The second kappa shape index (κ2) is 4.56. The van der Waals surface area contributed by atoms with Gasteiger partial charge in [0.25, 0.3) is 5.91 Å². The van der Waals surface area contributed by atoms with Gasteiger partial charge in [-0.3, -0.25) is 9.69 Å². The molecular formula is C16H10FNO3. The van der Waals surface area contributed by atoms with Gasteiger partial charge in [0.05, 0.1) is 16.9 Å². The van der Waals surface area contributed by atoms with Crippen LogP contribution >= 0.6 is 0 Å². The average molecular weight is 283 g/mol. The number of rotatable bonds is 2. The van der Waals surface area contributed by atoms with Gasteiger partial charge in [0.1, 0.15) is 5.82 Å². The minimum Gasteiger partial charge on any atom is -0.478 e. The van der Waals surface area contributed by atoms with E-state index in [0.717, 1.165) is 11.0 Å². The first-order valence-corrected chi connectivity index (χ1v) is 6.17. The second-order valence-electron chi connectivity index (χ2n) is 4.57. The van der Waals surface area contributed by atoms with Crippen molar-refractivity contribution in [3.63, 3.8) is 0 Å². The first-order chi connectivity index (χ1) is 10.0. The molecule has 2 aromatic rings. The van der Waals surface area contributed by atoms with Crippen LogP contribution in [0, 0.1) is 5.82 Å². The van der Waals surface area contributed by atoms with Crippen LogP contribution < -0.4 is 4.90 Å². The summed E-state index contributed by atoms with van der Waals surface area (Å²) in [6.45, 7) is 3.79. The first-order valence-electron chi connectivity index (χ1n) is 6.17. The van der Waals surface area contributed by atoms with E-state index in [0.29, 0.717) is 11.1 Å². The van der Waals surface area contributed by atoms with Crippen molar-refractivity contribution in [2.24, 2.45) is 0 Å². The van der Waals surface area contributed by atoms with Gasteiger partial charge in [-0.05, 0) is 18.2 Å². The zero-order valence-electron chi connectivity index (χ0n) is 10.8. The number of benzene rings is 2. The number of anilines is 1. The molecule has 104 valence electrons. The van der Waals surface area contributed by atoms with Crippen molar-refractivity contribution < 1.29 is 19.1 Å². The number of aromatic carboxylic acids is 1. The van der Waals surface area contributed by atoms with Crippen LogP contribution in [-0.4, -0.2) is 17.0 Å². The number of nitrogens with zero attached hydrogens (tertiary/aromatic N) is 1. The van der Waals surface area contributed by atoms with Crippen molar-refractivity contribution in [3.05, 3.63) is 71.6 Å². The van der Waals surface area contributed by atoms with Crippen molar-refractivity contribution in [2.75, 3.05) is 4.90 Å². The highest BCUT2D eigenvalue weighted by Gasteiger charge is 2.35. The highest BCUT2D eigenvalue weighted by Crippen LogP contribution is 2.38. The SMILES string of the molecule is C=C1c2ccccc2C(=O)N1c1c(F)cccc1C(=O)O. The number of hydrogen-bond donors (Lipinski definition) is 1. The highest BCUT2D eigenvalue weighted by molar-refractivity contribution is 6.23. The number of fused-ring (bicyclic) bond motifs is 1. The van der Waals surface area contributed by atoms with E-state index in [1.807, 2.05) is 0 Å². The second-order valence-corrected chi connectivity index (χ2v) is 4.57. The summed E-state index contributed by atoms with van der Waals surface area (Å²) in [4.78, 5) is 24.7. The van der Waals surface area contributed by atoms with E-state index in [4.69, 9.17) is 0 Å². The Labute approximate surface area is 119 Å². The zero-order valence-corrected chi connectivity index (χ0v) is 10.8. The molecule has 0 saturated carbocycles. The molecule has 2 aromatic carbocycles. The number of carbonyl (C=O) groups is 2. The fourth-order valence-corrected chi connectivity index (χ4v) is 2.44. The van der Waals surface area contributed by atoms with E-state index in [9.17, 15) is 19.1 Å². The van der Waals surface area contributed by atoms with Crippen molar-refractivity contribution in [2.45, 2.75) is 0 Å². The van der Waals surface area contributed by atoms with Crippen molar-refractivity contribution in [1.29, 1.82) is 0 Å². The molecule has 1 heterocycles. The molecule has 1 N–H and O–H groups in total. The van der Waals surface area contributed by atoms with Crippen molar-refractivity contribution in [3.8, 4) is 0 Å². The van der Waals surface area contributed by atoms with E-state index >= 15 is 0 Å². The number of amides is 1. The summed E-state index contributed by atoms with van der Waals surface area (Å²) in [7, 11) is 0. The third-order valence-corrected chi connectivity index (χ3v) is 3.38. The smallest absolute Gasteiger partial charge is 0.337 e. The lowest BCUT2D eigenvalue weighted by Gasteiger charge is -2.20. The summed E-state index contributed by atoms with van der Waals surface area (Å²) < 4.78 is 14.1. The Bertz CT molecular complexity index is 763. The van der Waals surface area contributed by atoms with Crippen LogP contribution in [0.25, 0.3) is 5.70 Å². The van der Waals surface area contributed by atoms with Gasteiger partial charge in [-0.2, -0.15) is 0 Å². The number of halogens is 1. The third kappa shape index (κ3) is 1.82. The predicted molar refractivity (Wildman–Crippen MR) is 75.6 cm³/mol. The average Bonchev–Trinajstić information content (AvgIpc) is 2.72. The molecule has 5 heteroatoms. The topological polar surface area (TPSA) is 57.6 Å². The maximum absolute atomic E-state index is 14.1. The van der Waals surface area contributed by atoms with E-state index in [1.54, 1.807) is 24.3 Å². The summed E-state index contributed by atoms with van der Waals surface area (Å²) in [5.74, 6) is -2.57. The van der Waals surface area contributed by atoms with Crippen LogP contribution in [0.2, 0.25) is 0 Å². The van der Waals surface area contributed by atoms with E-state index in [1.165, 1.54) is 12.1 Å². The summed E-state index contributed by atoms with van der Waals surface area (Å²) in [5, 5.41) is 9.21. The fourth-order valence-electron chi connectivity index (χ4n) is 2.44. The van der Waals surface area contributed by atoms with Crippen LogP contribution in [0.1, 0.15) is 26.3 Å². The minimum atomic E-state index is -1.30. The molecule has 0 aromatic heterocycles. The number of carboxylic acid groups (broad SMARTS) is 1. The van der Waals surface area contributed by atoms with Gasteiger partial charge < -0.3 is 5.11 Å². The molecule has 0 bridgehead atoms. The van der Waals surface area contributed by atoms with Gasteiger partial charge in [-0.1, -0.05) is 30.8 Å².